The monoisotopic (exact) mass is 301 g/mol. The van der Waals surface area contributed by atoms with Crippen LogP contribution < -0.4 is 0 Å². The van der Waals surface area contributed by atoms with Crippen LogP contribution in [-0.4, -0.2) is 45.4 Å². The molecule has 1 atom stereocenters. The van der Waals surface area contributed by atoms with Crippen LogP contribution in [0.15, 0.2) is 24.3 Å². The molecule has 1 fully saturated rings. The number of aliphatic hydroxyl groups is 1. The molecule has 1 unspecified atom stereocenters. The SMILES string of the molecule is CN(CC(O)c1ccc(Cl)cc1)C1CCS(=O)CC1. The molecule has 2 rings (SSSR count). The van der Waals surface area contributed by atoms with Crippen LogP contribution in [0.3, 0.4) is 0 Å². The van der Waals surface area contributed by atoms with Crippen molar-refractivity contribution in [1.82, 2.24) is 4.90 Å². The fourth-order valence-electron chi connectivity index (χ4n) is 2.43. The minimum absolute atomic E-state index is 0.430. The molecule has 1 aromatic rings. The zero-order valence-corrected chi connectivity index (χ0v) is 12.7. The Bertz CT molecular complexity index is 428. The van der Waals surface area contributed by atoms with E-state index in [-0.39, 0.29) is 0 Å². The van der Waals surface area contributed by atoms with Crippen LogP contribution in [0.4, 0.5) is 0 Å². The zero-order chi connectivity index (χ0) is 13.8. The molecule has 19 heavy (non-hydrogen) atoms. The van der Waals surface area contributed by atoms with E-state index in [1.54, 1.807) is 12.1 Å². The summed E-state index contributed by atoms with van der Waals surface area (Å²) in [6.07, 6.45) is 1.40. The van der Waals surface area contributed by atoms with Crippen LogP contribution in [0.5, 0.6) is 0 Å². The molecular formula is C14H20ClNO2S. The van der Waals surface area contributed by atoms with Crippen molar-refractivity contribution < 1.29 is 9.32 Å². The lowest BCUT2D eigenvalue weighted by molar-refractivity contribution is 0.101. The summed E-state index contributed by atoms with van der Waals surface area (Å²) in [6.45, 7) is 0.596. The molecule has 0 spiro atoms. The average molecular weight is 302 g/mol. The molecule has 3 nitrogen and oxygen atoms in total. The van der Waals surface area contributed by atoms with Gasteiger partial charge in [-0.1, -0.05) is 23.7 Å². The third kappa shape index (κ3) is 4.28. The first kappa shape index (κ1) is 15.0. The highest BCUT2D eigenvalue weighted by Crippen LogP contribution is 2.20. The van der Waals surface area contributed by atoms with Crippen molar-refractivity contribution in [3.05, 3.63) is 34.9 Å². The number of halogens is 1. The van der Waals surface area contributed by atoms with Gasteiger partial charge in [0, 0.05) is 39.9 Å². The Labute approximate surface area is 122 Å². The van der Waals surface area contributed by atoms with Gasteiger partial charge in [0.2, 0.25) is 0 Å². The van der Waals surface area contributed by atoms with E-state index in [0.717, 1.165) is 29.9 Å². The Morgan fingerprint density at radius 2 is 1.95 bits per heavy atom. The van der Waals surface area contributed by atoms with Crippen molar-refractivity contribution in [2.45, 2.75) is 25.0 Å². The van der Waals surface area contributed by atoms with E-state index in [4.69, 9.17) is 11.6 Å². The summed E-state index contributed by atoms with van der Waals surface area (Å²) in [5, 5.41) is 10.9. The third-order valence-electron chi connectivity index (χ3n) is 3.70. The fraction of sp³-hybridized carbons (Fsp3) is 0.571. The first-order chi connectivity index (χ1) is 9.06. The van der Waals surface area contributed by atoms with E-state index >= 15 is 0 Å². The van der Waals surface area contributed by atoms with Gasteiger partial charge in [0.15, 0.2) is 0 Å². The van der Waals surface area contributed by atoms with Gasteiger partial charge in [-0.3, -0.25) is 4.21 Å². The van der Waals surface area contributed by atoms with E-state index in [9.17, 15) is 9.32 Å². The van der Waals surface area contributed by atoms with Gasteiger partial charge in [0.1, 0.15) is 0 Å². The maximum atomic E-state index is 11.3. The summed E-state index contributed by atoms with van der Waals surface area (Å²) in [5.41, 5.74) is 0.885. The molecule has 1 heterocycles. The van der Waals surface area contributed by atoms with Crippen LogP contribution >= 0.6 is 11.6 Å². The summed E-state index contributed by atoms with van der Waals surface area (Å²) in [6, 6.07) is 7.74. The lowest BCUT2D eigenvalue weighted by Crippen LogP contribution is -2.39. The highest BCUT2D eigenvalue weighted by molar-refractivity contribution is 7.85. The fourth-order valence-corrected chi connectivity index (χ4v) is 3.83. The maximum absolute atomic E-state index is 11.3. The Morgan fingerprint density at radius 3 is 2.53 bits per heavy atom. The van der Waals surface area contributed by atoms with Gasteiger partial charge < -0.3 is 10.0 Å². The van der Waals surface area contributed by atoms with Crippen molar-refractivity contribution in [3.8, 4) is 0 Å². The van der Waals surface area contributed by atoms with Crippen LogP contribution in [0.1, 0.15) is 24.5 Å². The number of likely N-dealkylation sites (N-methyl/N-ethyl adjacent to an activating group) is 1. The number of nitrogens with zero attached hydrogens (tertiary/aromatic N) is 1. The Kier molecular flexibility index (Phi) is 5.39. The summed E-state index contributed by atoms with van der Waals surface area (Å²) in [5.74, 6) is 1.57. The normalized spacial score (nSPS) is 25.5. The van der Waals surface area contributed by atoms with E-state index in [1.165, 1.54) is 0 Å². The molecular weight excluding hydrogens is 282 g/mol. The number of benzene rings is 1. The van der Waals surface area contributed by atoms with Gasteiger partial charge in [-0.05, 0) is 37.6 Å². The lowest BCUT2D eigenvalue weighted by atomic mass is 10.1. The van der Waals surface area contributed by atoms with Gasteiger partial charge in [-0.15, -0.1) is 0 Å². The molecule has 1 aromatic carbocycles. The molecule has 0 bridgehead atoms. The molecule has 0 aliphatic carbocycles. The van der Waals surface area contributed by atoms with Crippen LogP contribution in [0.25, 0.3) is 0 Å². The van der Waals surface area contributed by atoms with Gasteiger partial charge >= 0.3 is 0 Å². The first-order valence-corrected chi connectivity index (χ1v) is 8.41. The molecule has 5 heteroatoms. The second kappa shape index (κ2) is 6.84. The predicted octanol–water partition coefficient (Wildman–Crippen LogP) is 2.22. The molecule has 106 valence electrons. The largest absolute Gasteiger partial charge is 0.387 e. The third-order valence-corrected chi connectivity index (χ3v) is 5.33. The van der Waals surface area contributed by atoms with Crippen LogP contribution in [0, 0.1) is 0 Å². The average Bonchev–Trinajstić information content (AvgIpc) is 2.40. The maximum Gasteiger partial charge on any atom is 0.0916 e. The Hall–Kier alpha value is -0.420. The Balaban J connectivity index is 1.89. The van der Waals surface area contributed by atoms with Crippen molar-refractivity contribution in [1.29, 1.82) is 0 Å². The van der Waals surface area contributed by atoms with Crippen molar-refractivity contribution in [3.63, 3.8) is 0 Å². The van der Waals surface area contributed by atoms with E-state index in [1.807, 2.05) is 19.2 Å². The lowest BCUT2D eigenvalue weighted by Gasteiger charge is -2.32. The molecule has 1 aliphatic rings. The minimum Gasteiger partial charge on any atom is -0.387 e. The van der Waals surface area contributed by atoms with Gasteiger partial charge in [0.25, 0.3) is 0 Å². The van der Waals surface area contributed by atoms with Crippen molar-refractivity contribution in [2.24, 2.45) is 0 Å². The van der Waals surface area contributed by atoms with E-state index in [2.05, 4.69) is 4.90 Å². The predicted molar refractivity (Wildman–Crippen MR) is 79.9 cm³/mol. The van der Waals surface area contributed by atoms with Crippen LogP contribution in [-0.2, 0) is 10.8 Å². The van der Waals surface area contributed by atoms with Crippen molar-refractivity contribution in [2.75, 3.05) is 25.1 Å². The first-order valence-electron chi connectivity index (χ1n) is 6.55. The molecule has 1 aliphatic heterocycles. The highest BCUT2D eigenvalue weighted by atomic mass is 35.5. The van der Waals surface area contributed by atoms with E-state index in [0.29, 0.717) is 17.6 Å². The molecule has 0 saturated carbocycles. The summed E-state index contributed by atoms with van der Waals surface area (Å²) in [7, 11) is 1.39. The number of aliphatic hydroxyl groups excluding tert-OH is 1. The molecule has 0 amide bonds. The van der Waals surface area contributed by atoms with Crippen LogP contribution in [0.2, 0.25) is 5.02 Å². The second-order valence-electron chi connectivity index (χ2n) is 5.09. The van der Waals surface area contributed by atoms with Gasteiger partial charge in [-0.2, -0.15) is 0 Å². The van der Waals surface area contributed by atoms with E-state index < -0.39 is 16.9 Å². The van der Waals surface area contributed by atoms with Gasteiger partial charge in [0.05, 0.1) is 6.10 Å². The summed E-state index contributed by atoms with van der Waals surface area (Å²) < 4.78 is 11.3. The number of rotatable bonds is 4. The molecule has 1 N–H and O–H groups in total. The van der Waals surface area contributed by atoms with Crippen molar-refractivity contribution >= 4 is 22.4 Å². The molecule has 0 radical (unpaired) electrons. The number of hydrogen-bond donors (Lipinski definition) is 1. The zero-order valence-electron chi connectivity index (χ0n) is 11.1. The second-order valence-corrected chi connectivity index (χ2v) is 7.22. The minimum atomic E-state index is -0.633. The summed E-state index contributed by atoms with van der Waals surface area (Å²) in [4.78, 5) is 2.18. The summed E-state index contributed by atoms with van der Waals surface area (Å²) >= 11 is 5.84. The van der Waals surface area contributed by atoms with Gasteiger partial charge in [-0.25, -0.2) is 0 Å². The quantitative estimate of drug-likeness (QED) is 0.927. The molecule has 0 aromatic heterocycles. The topological polar surface area (TPSA) is 40.5 Å². The standard InChI is InChI=1S/C14H20ClNO2S/c1-16(13-6-8-19(18)9-7-13)10-14(17)11-2-4-12(15)5-3-11/h2-5,13-14,17H,6-10H2,1H3. The number of hydrogen-bond acceptors (Lipinski definition) is 3. The highest BCUT2D eigenvalue weighted by Gasteiger charge is 2.23. The molecule has 1 saturated heterocycles. The Morgan fingerprint density at radius 1 is 1.37 bits per heavy atom. The smallest absolute Gasteiger partial charge is 0.0916 e.